The molecule has 1 N–H and O–H groups in total. The summed E-state index contributed by atoms with van der Waals surface area (Å²) in [6.45, 7) is 0.569. The fourth-order valence-electron chi connectivity index (χ4n) is 1.31. The number of hydrogen-bond donors (Lipinski definition) is 1. The van der Waals surface area contributed by atoms with Gasteiger partial charge < -0.3 is 9.84 Å². The fraction of sp³-hybridized carbons (Fsp3) is 1.00. The molecular formula is C6H10O2. The van der Waals surface area contributed by atoms with Crippen molar-refractivity contribution in [3.05, 3.63) is 0 Å². The summed E-state index contributed by atoms with van der Waals surface area (Å²) in [6.07, 6.45) is 3.05. The molecule has 46 valence electrons. The highest BCUT2D eigenvalue weighted by molar-refractivity contribution is 5.00. The van der Waals surface area contributed by atoms with Gasteiger partial charge in [0.15, 0.2) is 0 Å². The van der Waals surface area contributed by atoms with Crippen molar-refractivity contribution < 1.29 is 9.84 Å². The molecule has 0 bridgehead atoms. The maximum absolute atomic E-state index is 8.98. The molecule has 0 aromatic carbocycles. The summed E-state index contributed by atoms with van der Waals surface area (Å²) >= 11 is 0. The molecule has 0 aromatic rings. The molecule has 1 saturated heterocycles. The third-order valence-electron chi connectivity index (χ3n) is 2.00. The smallest absolute Gasteiger partial charge is 0.0801 e. The number of rotatable bonds is 0. The second-order valence-electron chi connectivity index (χ2n) is 2.85. The first-order valence-corrected chi connectivity index (χ1v) is 3.13. The summed E-state index contributed by atoms with van der Waals surface area (Å²) in [4.78, 5) is 0. The lowest BCUT2D eigenvalue weighted by atomic mass is 10.2. The van der Waals surface area contributed by atoms with Crippen LogP contribution in [0.15, 0.2) is 0 Å². The largest absolute Gasteiger partial charge is 0.391 e. The van der Waals surface area contributed by atoms with Crippen molar-refractivity contribution in [1.29, 1.82) is 0 Å². The molecular weight excluding hydrogens is 104 g/mol. The first kappa shape index (κ1) is 4.77. The predicted octanol–water partition coefficient (Wildman–Crippen LogP) is 0.300. The first-order chi connectivity index (χ1) is 3.81. The van der Waals surface area contributed by atoms with Crippen LogP contribution in [0.1, 0.15) is 19.3 Å². The fourth-order valence-corrected chi connectivity index (χ4v) is 1.31. The van der Waals surface area contributed by atoms with E-state index in [-0.39, 0.29) is 11.7 Å². The summed E-state index contributed by atoms with van der Waals surface area (Å²) in [6, 6.07) is 0. The molecule has 1 atom stereocenters. The Morgan fingerprint density at radius 1 is 1.50 bits per heavy atom. The van der Waals surface area contributed by atoms with Crippen LogP contribution in [-0.2, 0) is 4.74 Å². The molecule has 2 rings (SSSR count). The SMILES string of the molecule is O[C@@H]1COC2(CC2)C1. The molecule has 1 aliphatic carbocycles. The quantitative estimate of drug-likeness (QED) is 0.490. The molecule has 1 saturated carbocycles. The summed E-state index contributed by atoms with van der Waals surface area (Å²) in [5, 5.41) is 8.98. The Balaban J connectivity index is 2.03. The average Bonchev–Trinajstić information content (AvgIpc) is 2.34. The molecule has 2 heteroatoms. The van der Waals surface area contributed by atoms with Crippen LogP contribution in [0.4, 0.5) is 0 Å². The maximum Gasteiger partial charge on any atom is 0.0801 e. The van der Waals surface area contributed by atoms with Gasteiger partial charge in [0, 0.05) is 6.42 Å². The summed E-state index contributed by atoms with van der Waals surface area (Å²) in [5.74, 6) is 0. The standard InChI is InChI=1S/C6H10O2/c7-5-3-6(1-2-6)8-4-5/h5,7H,1-4H2/t5-/m0/s1. The lowest BCUT2D eigenvalue weighted by molar-refractivity contribution is 0.0746. The Labute approximate surface area is 48.5 Å². The van der Waals surface area contributed by atoms with Crippen molar-refractivity contribution in [2.75, 3.05) is 6.61 Å². The van der Waals surface area contributed by atoms with E-state index in [0.29, 0.717) is 6.61 Å². The summed E-state index contributed by atoms with van der Waals surface area (Å²) in [7, 11) is 0. The highest BCUT2D eigenvalue weighted by Crippen LogP contribution is 2.47. The minimum atomic E-state index is -0.169. The molecule has 1 heterocycles. The van der Waals surface area contributed by atoms with Gasteiger partial charge in [-0.25, -0.2) is 0 Å². The van der Waals surface area contributed by atoms with Crippen molar-refractivity contribution in [3.8, 4) is 0 Å². The van der Waals surface area contributed by atoms with Crippen LogP contribution in [0.5, 0.6) is 0 Å². The van der Waals surface area contributed by atoms with Crippen molar-refractivity contribution in [3.63, 3.8) is 0 Å². The molecule has 1 aliphatic heterocycles. The Morgan fingerprint density at radius 2 is 2.25 bits per heavy atom. The number of hydrogen-bond acceptors (Lipinski definition) is 2. The van der Waals surface area contributed by atoms with E-state index >= 15 is 0 Å². The molecule has 2 aliphatic rings. The van der Waals surface area contributed by atoms with E-state index in [9.17, 15) is 0 Å². The number of ether oxygens (including phenoxy) is 1. The van der Waals surface area contributed by atoms with E-state index in [1.165, 1.54) is 12.8 Å². The minimum absolute atomic E-state index is 0.166. The molecule has 2 fully saturated rings. The maximum atomic E-state index is 8.98. The van der Waals surface area contributed by atoms with E-state index in [1.807, 2.05) is 0 Å². The molecule has 8 heavy (non-hydrogen) atoms. The number of aliphatic hydroxyl groups is 1. The Bertz CT molecular complexity index is 107. The van der Waals surface area contributed by atoms with E-state index in [1.54, 1.807) is 0 Å². The Morgan fingerprint density at radius 3 is 2.50 bits per heavy atom. The van der Waals surface area contributed by atoms with Crippen LogP contribution in [0, 0.1) is 0 Å². The molecule has 0 aromatic heterocycles. The van der Waals surface area contributed by atoms with Gasteiger partial charge in [-0.1, -0.05) is 0 Å². The molecule has 0 amide bonds. The van der Waals surface area contributed by atoms with E-state index in [2.05, 4.69) is 0 Å². The Hall–Kier alpha value is -0.0800. The second-order valence-corrected chi connectivity index (χ2v) is 2.85. The highest BCUT2D eigenvalue weighted by Gasteiger charge is 2.49. The summed E-state index contributed by atoms with van der Waals surface area (Å²) in [5.41, 5.74) is 0.166. The van der Waals surface area contributed by atoms with Gasteiger partial charge in [-0.15, -0.1) is 0 Å². The predicted molar refractivity (Wildman–Crippen MR) is 28.5 cm³/mol. The molecule has 1 spiro atoms. The Kier molecular flexibility index (Phi) is 0.746. The van der Waals surface area contributed by atoms with E-state index < -0.39 is 0 Å². The van der Waals surface area contributed by atoms with E-state index in [4.69, 9.17) is 9.84 Å². The third kappa shape index (κ3) is 0.565. The first-order valence-electron chi connectivity index (χ1n) is 3.13. The van der Waals surface area contributed by atoms with Crippen molar-refractivity contribution in [1.82, 2.24) is 0 Å². The third-order valence-corrected chi connectivity index (χ3v) is 2.00. The summed E-state index contributed by atoms with van der Waals surface area (Å²) < 4.78 is 5.31. The van der Waals surface area contributed by atoms with E-state index in [0.717, 1.165) is 6.42 Å². The van der Waals surface area contributed by atoms with Gasteiger partial charge in [0.25, 0.3) is 0 Å². The van der Waals surface area contributed by atoms with Crippen LogP contribution in [0.25, 0.3) is 0 Å². The van der Waals surface area contributed by atoms with Crippen LogP contribution < -0.4 is 0 Å². The van der Waals surface area contributed by atoms with Gasteiger partial charge in [-0.05, 0) is 12.8 Å². The monoisotopic (exact) mass is 114 g/mol. The van der Waals surface area contributed by atoms with Gasteiger partial charge in [0.1, 0.15) is 0 Å². The number of aliphatic hydroxyl groups excluding tert-OH is 1. The second kappa shape index (κ2) is 1.25. The highest BCUT2D eigenvalue weighted by atomic mass is 16.5. The van der Waals surface area contributed by atoms with Crippen molar-refractivity contribution in [2.45, 2.75) is 31.0 Å². The van der Waals surface area contributed by atoms with Gasteiger partial charge in [-0.2, -0.15) is 0 Å². The van der Waals surface area contributed by atoms with Crippen molar-refractivity contribution in [2.24, 2.45) is 0 Å². The van der Waals surface area contributed by atoms with Gasteiger partial charge in [0.2, 0.25) is 0 Å². The molecule has 0 unspecified atom stereocenters. The van der Waals surface area contributed by atoms with Gasteiger partial charge in [0.05, 0.1) is 18.3 Å². The van der Waals surface area contributed by atoms with Crippen LogP contribution in [-0.4, -0.2) is 23.4 Å². The van der Waals surface area contributed by atoms with Gasteiger partial charge >= 0.3 is 0 Å². The zero-order valence-electron chi connectivity index (χ0n) is 4.76. The zero-order chi connectivity index (χ0) is 5.61. The molecule has 0 radical (unpaired) electrons. The molecule has 2 nitrogen and oxygen atoms in total. The topological polar surface area (TPSA) is 29.5 Å². The zero-order valence-corrected chi connectivity index (χ0v) is 4.76. The van der Waals surface area contributed by atoms with Crippen LogP contribution in [0.2, 0.25) is 0 Å². The minimum Gasteiger partial charge on any atom is -0.391 e. The normalized spacial score (nSPS) is 40.9. The average molecular weight is 114 g/mol. The van der Waals surface area contributed by atoms with Crippen molar-refractivity contribution >= 4 is 0 Å². The van der Waals surface area contributed by atoms with Gasteiger partial charge in [-0.3, -0.25) is 0 Å². The van der Waals surface area contributed by atoms with Crippen LogP contribution >= 0.6 is 0 Å². The lowest BCUT2D eigenvalue weighted by Crippen LogP contribution is -2.05. The lowest BCUT2D eigenvalue weighted by Gasteiger charge is -2.00. The van der Waals surface area contributed by atoms with Crippen LogP contribution in [0.3, 0.4) is 0 Å².